The minimum Gasteiger partial charge on any atom is -0.487 e. The summed E-state index contributed by atoms with van der Waals surface area (Å²) in [5.41, 5.74) is -0.836. The van der Waals surface area contributed by atoms with Gasteiger partial charge in [-0.25, -0.2) is 0 Å². The smallest absolute Gasteiger partial charge is 0.416 e. The largest absolute Gasteiger partial charge is 0.487 e. The van der Waals surface area contributed by atoms with Gasteiger partial charge in [0.25, 0.3) is 5.91 Å². The molecule has 0 unspecified atom stereocenters. The van der Waals surface area contributed by atoms with Gasteiger partial charge in [0, 0.05) is 37.3 Å². The summed E-state index contributed by atoms with van der Waals surface area (Å²) < 4.78 is 54.1. The molecule has 38 heavy (non-hydrogen) atoms. The van der Waals surface area contributed by atoms with Gasteiger partial charge in [-0.2, -0.15) is 18.2 Å². The fraction of sp³-hybridized carbons (Fsp3) is 0.577. The number of likely N-dealkylation sites (tertiary alicyclic amines) is 1. The molecule has 0 bridgehead atoms. The fourth-order valence-electron chi connectivity index (χ4n) is 4.34. The van der Waals surface area contributed by atoms with Gasteiger partial charge >= 0.3 is 6.18 Å². The van der Waals surface area contributed by atoms with Crippen molar-refractivity contribution in [3.05, 3.63) is 45.2 Å². The lowest BCUT2D eigenvalue weighted by Gasteiger charge is -2.38. The van der Waals surface area contributed by atoms with Gasteiger partial charge in [-0.05, 0) is 43.4 Å². The van der Waals surface area contributed by atoms with Crippen LogP contribution in [0.2, 0.25) is 0 Å². The van der Waals surface area contributed by atoms with E-state index in [1.807, 2.05) is 15.7 Å². The highest BCUT2D eigenvalue weighted by atomic mass is 32.1. The van der Waals surface area contributed by atoms with E-state index in [1.54, 1.807) is 6.92 Å². The number of carbonyl (C=O) groups excluding carboxylic acids is 1. The quantitative estimate of drug-likeness (QED) is 0.305. The second kappa shape index (κ2) is 11.2. The molecule has 0 spiro atoms. The van der Waals surface area contributed by atoms with Crippen molar-refractivity contribution in [2.75, 3.05) is 26.2 Å². The van der Waals surface area contributed by atoms with Gasteiger partial charge in [0.2, 0.25) is 0 Å². The number of amides is 1. The average molecular weight is 555 g/mol. The molecule has 3 heterocycles. The molecule has 2 saturated heterocycles. The van der Waals surface area contributed by atoms with Crippen molar-refractivity contribution in [3.63, 3.8) is 0 Å². The third-order valence-corrected chi connectivity index (χ3v) is 7.90. The van der Waals surface area contributed by atoms with Gasteiger partial charge in [0.1, 0.15) is 11.9 Å². The lowest BCUT2D eigenvalue weighted by Crippen LogP contribution is -2.55. The maximum absolute atomic E-state index is 13.5. The number of benzene rings is 1. The van der Waals surface area contributed by atoms with Crippen LogP contribution in [0.3, 0.4) is 0 Å². The van der Waals surface area contributed by atoms with Gasteiger partial charge in [0.15, 0.2) is 4.80 Å². The summed E-state index contributed by atoms with van der Waals surface area (Å²) in [5.74, 6) is -0.740. The molecule has 0 saturated carbocycles. The van der Waals surface area contributed by atoms with E-state index in [1.165, 1.54) is 17.4 Å². The van der Waals surface area contributed by atoms with Gasteiger partial charge in [-0.3, -0.25) is 9.69 Å². The van der Waals surface area contributed by atoms with Gasteiger partial charge < -0.3 is 19.2 Å². The van der Waals surface area contributed by atoms with Crippen molar-refractivity contribution in [1.82, 2.24) is 9.47 Å². The Bertz CT molecular complexity index is 1250. The number of oxime groups is 1. The predicted octanol–water partition coefficient (Wildman–Crippen LogP) is 4.70. The maximum Gasteiger partial charge on any atom is 0.416 e. The SMILES string of the molecule is CC(CN1CC(Oc2ccc(C(F)(F)F)cc2C(=O)N=c2sc(C(C)(C)C)cn2C[C@H]2CCCO2)C1)=NO. The van der Waals surface area contributed by atoms with Crippen LogP contribution in [0, 0.1) is 0 Å². The molecule has 8 nitrogen and oxygen atoms in total. The van der Waals surface area contributed by atoms with Gasteiger partial charge in [-0.15, -0.1) is 11.3 Å². The normalized spacial score (nSPS) is 20.1. The summed E-state index contributed by atoms with van der Waals surface area (Å²) in [6.45, 7) is 10.5. The highest BCUT2D eigenvalue weighted by molar-refractivity contribution is 7.09. The summed E-state index contributed by atoms with van der Waals surface area (Å²) in [7, 11) is 0. The molecular weight excluding hydrogens is 521 g/mol. The Morgan fingerprint density at radius 1 is 1.26 bits per heavy atom. The molecule has 0 aliphatic carbocycles. The molecule has 2 aliphatic rings. The molecule has 208 valence electrons. The van der Waals surface area contributed by atoms with E-state index in [0.717, 1.165) is 29.9 Å². The van der Waals surface area contributed by atoms with E-state index in [0.29, 0.717) is 43.3 Å². The second-order valence-corrected chi connectivity index (χ2v) is 11.8. The molecular formula is C26H33F3N4O4S. The molecule has 1 atom stereocenters. The van der Waals surface area contributed by atoms with Crippen LogP contribution in [0.1, 0.15) is 61.3 Å². The van der Waals surface area contributed by atoms with E-state index in [-0.39, 0.29) is 28.9 Å². The van der Waals surface area contributed by atoms with Crippen LogP contribution in [0.4, 0.5) is 13.2 Å². The zero-order chi connectivity index (χ0) is 27.7. The first kappa shape index (κ1) is 28.3. The van der Waals surface area contributed by atoms with Crippen LogP contribution < -0.4 is 9.54 Å². The summed E-state index contributed by atoms with van der Waals surface area (Å²) >= 11 is 1.34. The predicted molar refractivity (Wildman–Crippen MR) is 137 cm³/mol. The minimum absolute atomic E-state index is 0.000000629. The summed E-state index contributed by atoms with van der Waals surface area (Å²) in [6.07, 6.45) is -1.13. The highest BCUT2D eigenvalue weighted by Gasteiger charge is 2.34. The molecule has 2 fully saturated rings. The number of hydrogen-bond acceptors (Lipinski definition) is 7. The monoisotopic (exact) mass is 554 g/mol. The molecule has 1 aromatic carbocycles. The number of nitrogens with zero attached hydrogens (tertiary/aromatic N) is 4. The Labute approximate surface area is 223 Å². The standard InChI is InChI=1S/C26H33F3N4O4S/c1-16(31-35)11-32-12-19(13-32)37-21-8-7-17(26(27,28)29)10-20(21)23(34)30-24-33(14-18-6-5-9-36-18)15-22(38-24)25(2,3)4/h7-8,10,15,18-19,35H,5-6,9,11-14H2,1-4H3/t18-/m1/s1. The van der Waals surface area contributed by atoms with Crippen LogP contribution >= 0.6 is 11.3 Å². The minimum atomic E-state index is -4.62. The lowest BCUT2D eigenvalue weighted by molar-refractivity contribution is -0.137. The number of aromatic nitrogens is 1. The van der Waals surface area contributed by atoms with Crippen LogP contribution in [-0.4, -0.2) is 64.7 Å². The summed E-state index contributed by atoms with van der Waals surface area (Å²) in [4.78, 5) is 21.1. The fourth-order valence-corrected chi connectivity index (χ4v) is 5.39. The number of alkyl halides is 3. The van der Waals surface area contributed by atoms with Crippen molar-refractivity contribution < 1.29 is 32.6 Å². The molecule has 1 N–H and O–H groups in total. The first-order valence-electron chi connectivity index (χ1n) is 12.5. The Morgan fingerprint density at radius 3 is 2.61 bits per heavy atom. The number of carbonyl (C=O) groups is 1. The molecule has 2 aliphatic heterocycles. The number of ether oxygens (including phenoxy) is 2. The van der Waals surface area contributed by atoms with E-state index in [9.17, 15) is 18.0 Å². The molecule has 2 aromatic rings. The molecule has 12 heteroatoms. The van der Waals surface area contributed by atoms with E-state index < -0.39 is 17.6 Å². The molecule has 1 amide bonds. The Hall–Kier alpha value is -2.70. The first-order chi connectivity index (χ1) is 17.8. The molecule has 4 rings (SSSR count). The topological polar surface area (TPSA) is 88.7 Å². The zero-order valence-corrected chi connectivity index (χ0v) is 22.7. The van der Waals surface area contributed by atoms with Crippen LogP contribution in [0.5, 0.6) is 5.75 Å². The van der Waals surface area contributed by atoms with Gasteiger partial charge in [0.05, 0.1) is 29.5 Å². The highest BCUT2D eigenvalue weighted by Crippen LogP contribution is 2.34. The van der Waals surface area contributed by atoms with Gasteiger partial charge in [-0.1, -0.05) is 25.9 Å². The zero-order valence-electron chi connectivity index (χ0n) is 21.9. The van der Waals surface area contributed by atoms with Crippen molar-refractivity contribution >= 4 is 23.0 Å². The van der Waals surface area contributed by atoms with Crippen LogP contribution in [0.25, 0.3) is 0 Å². The van der Waals surface area contributed by atoms with Crippen LogP contribution in [-0.2, 0) is 22.9 Å². The molecule has 1 aromatic heterocycles. The Morgan fingerprint density at radius 2 is 2.00 bits per heavy atom. The number of halogens is 3. The summed E-state index contributed by atoms with van der Waals surface area (Å²) in [6, 6.07) is 2.90. The average Bonchev–Trinajstić information content (AvgIpc) is 3.47. The number of thiazole rings is 1. The Kier molecular flexibility index (Phi) is 8.34. The number of hydrogen-bond donors (Lipinski definition) is 1. The van der Waals surface area contributed by atoms with Crippen molar-refractivity contribution in [1.29, 1.82) is 0 Å². The van der Waals surface area contributed by atoms with E-state index in [2.05, 4.69) is 30.9 Å². The van der Waals surface area contributed by atoms with Crippen molar-refractivity contribution in [2.45, 2.75) is 70.9 Å². The second-order valence-electron chi connectivity index (χ2n) is 10.8. The Balaban J connectivity index is 1.65. The summed E-state index contributed by atoms with van der Waals surface area (Å²) in [5, 5.41) is 12.0. The van der Waals surface area contributed by atoms with Crippen molar-refractivity contribution in [3.8, 4) is 5.75 Å². The third kappa shape index (κ3) is 6.83. The van der Waals surface area contributed by atoms with Crippen LogP contribution in [0.15, 0.2) is 34.5 Å². The first-order valence-corrected chi connectivity index (χ1v) is 13.3. The third-order valence-electron chi connectivity index (χ3n) is 6.46. The van der Waals surface area contributed by atoms with E-state index >= 15 is 0 Å². The van der Waals surface area contributed by atoms with Crippen molar-refractivity contribution in [2.24, 2.45) is 10.1 Å². The maximum atomic E-state index is 13.5. The number of rotatable bonds is 7. The lowest BCUT2D eigenvalue weighted by atomic mass is 9.95. The van der Waals surface area contributed by atoms with E-state index in [4.69, 9.17) is 14.7 Å². The molecule has 0 radical (unpaired) electrons.